The molecule has 0 saturated carbocycles. The second kappa shape index (κ2) is 6.87. The molecule has 2 aromatic heterocycles. The van der Waals surface area contributed by atoms with Crippen LogP contribution >= 0.6 is 0 Å². The Labute approximate surface area is 149 Å². The number of fused-ring (bicyclic) bond motifs is 1. The smallest absolute Gasteiger partial charge is 0.435 e. The molecule has 3 heterocycles. The average Bonchev–Trinajstić information content (AvgIpc) is 3.10. The van der Waals surface area contributed by atoms with Crippen LogP contribution in [0.5, 0.6) is 6.01 Å². The number of carbonyl (C=O) groups excluding carboxylic acids is 1. The average molecular weight is 364 g/mol. The molecule has 0 saturated heterocycles. The van der Waals surface area contributed by atoms with Crippen LogP contribution < -0.4 is 15.4 Å². The minimum atomic E-state index is -0.655. The molecule has 1 aliphatic heterocycles. The summed E-state index contributed by atoms with van der Waals surface area (Å²) in [7, 11) is 0. The molecule has 1 aliphatic rings. The molecule has 0 fully saturated rings. The van der Waals surface area contributed by atoms with Crippen LogP contribution in [0.2, 0.25) is 0 Å². The number of halogens is 1. The van der Waals surface area contributed by atoms with E-state index < -0.39 is 17.4 Å². The Morgan fingerprint density at radius 1 is 1.38 bits per heavy atom. The summed E-state index contributed by atoms with van der Waals surface area (Å²) < 4.78 is 25.6. The largest absolute Gasteiger partial charge is 0.464 e. The van der Waals surface area contributed by atoms with E-state index in [1.54, 1.807) is 13.8 Å². The highest BCUT2D eigenvalue weighted by Crippen LogP contribution is 2.36. The third kappa shape index (κ3) is 3.19. The Balaban J connectivity index is 2.01. The second-order valence-electron chi connectivity index (χ2n) is 6.17. The van der Waals surface area contributed by atoms with Gasteiger partial charge in [-0.15, -0.1) is 5.10 Å². The molecular formula is C16H21FN6O3. The van der Waals surface area contributed by atoms with E-state index in [0.29, 0.717) is 24.7 Å². The summed E-state index contributed by atoms with van der Waals surface area (Å²) in [5.41, 5.74) is 0.924. The van der Waals surface area contributed by atoms with Crippen molar-refractivity contribution in [1.82, 2.24) is 25.1 Å². The molecule has 0 radical (unpaired) electrons. The zero-order valence-electron chi connectivity index (χ0n) is 15.1. The molecule has 0 aromatic carbocycles. The fourth-order valence-electron chi connectivity index (χ4n) is 2.82. The fraction of sp³-hybridized carbons (Fsp3) is 0.500. The van der Waals surface area contributed by atoms with Gasteiger partial charge in [0.15, 0.2) is 17.5 Å². The number of carbonyl (C=O) groups is 1. The third-order valence-corrected chi connectivity index (χ3v) is 3.96. The Bertz CT molecular complexity index is 836. The van der Waals surface area contributed by atoms with Gasteiger partial charge in [0, 0.05) is 12.1 Å². The Kier molecular flexibility index (Phi) is 4.77. The van der Waals surface area contributed by atoms with Crippen LogP contribution in [-0.2, 0) is 16.8 Å². The zero-order valence-corrected chi connectivity index (χ0v) is 15.1. The van der Waals surface area contributed by atoms with Crippen LogP contribution in [-0.4, -0.2) is 39.1 Å². The molecule has 0 bridgehead atoms. The van der Waals surface area contributed by atoms with Crippen LogP contribution in [0.1, 0.15) is 39.0 Å². The number of hydrogen-bond acceptors (Lipinski definition) is 8. The highest BCUT2D eigenvalue weighted by atomic mass is 19.1. The monoisotopic (exact) mass is 364 g/mol. The molecular weight excluding hydrogens is 343 g/mol. The van der Waals surface area contributed by atoms with E-state index in [4.69, 9.17) is 9.47 Å². The third-order valence-electron chi connectivity index (χ3n) is 3.96. The van der Waals surface area contributed by atoms with Gasteiger partial charge in [-0.1, -0.05) is 0 Å². The first-order valence-corrected chi connectivity index (χ1v) is 8.34. The van der Waals surface area contributed by atoms with Crippen LogP contribution in [0.4, 0.5) is 20.8 Å². The predicted octanol–water partition coefficient (Wildman–Crippen LogP) is 2.30. The lowest BCUT2D eigenvalue weighted by Crippen LogP contribution is -2.34. The highest BCUT2D eigenvalue weighted by Gasteiger charge is 2.38. The van der Waals surface area contributed by atoms with E-state index >= 15 is 0 Å². The number of anilines is 2. The quantitative estimate of drug-likeness (QED) is 0.833. The topological polar surface area (TPSA) is 103 Å². The summed E-state index contributed by atoms with van der Waals surface area (Å²) in [6.45, 7) is 8.40. The molecule has 0 spiro atoms. The van der Waals surface area contributed by atoms with Crippen molar-refractivity contribution in [3.63, 3.8) is 0 Å². The predicted molar refractivity (Wildman–Crippen MR) is 91.0 cm³/mol. The molecule has 0 amide bonds. The molecule has 2 N–H and O–H groups in total. The molecule has 140 valence electrons. The molecule has 9 nitrogen and oxygen atoms in total. The molecule has 26 heavy (non-hydrogen) atoms. The normalized spacial score (nSPS) is 14.8. The zero-order chi connectivity index (χ0) is 18.9. The van der Waals surface area contributed by atoms with Gasteiger partial charge in [0.05, 0.1) is 30.6 Å². The summed E-state index contributed by atoms with van der Waals surface area (Å²) >= 11 is 0. The van der Waals surface area contributed by atoms with E-state index in [1.807, 2.05) is 13.8 Å². The van der Waals surface area contributed by atoms with Crippen LogP contribution in [0.3, 0.4) is 0 Å². The maximum Gasteiger partial charge on any atom is 0.435 e. The van der Waals surface area contributed by atoms with Gasteiger partial charge < -0.3 is 20.1 Å². The summed E-state index contributed by atoms with van der Waals surface area (Å²) in [5, 5.41) is 10.4. The lowest BCUT2D eigenvalue weighted by molar-refractivity contribution is 0.148. The van der Waals surface area contributed by atoms with Crippen molar-refractivity contribution < 1.29 is 18.7 Å². The first kappa shape index (κ1) is 18.1. The van der Waals surface area contributed by atoms with Gasteiger partial charge in [-0.3, -0.25) is 0 Å². The molecule has 3 rings (SSSR count). The van der Waals surface area contributed by atoms with E-state index in [-0.39, 0.29) is 18.4 Å². The first-order valence-electron chi connectivity index (χ1n) is 8.34. The number of rotatable bonds is 5. The Morgan fingerprint density at radius 2 is 2.15 bits per heavy atom. The van der Waals surface area contributed by atoms with Crippen LogP contribution in [0.15, 0.2) is 6.20 Å². The molecule has 0 unspecified atom stereocenters. The van der Waals surface area contributed by atoms with Gasteiger partial charge in [0.1, 0.15) is 0 Å². The van der Waals surface area contributed by atoms with Crippen LogP contribution in [0, 0.1) is 5.82 Å². The number of nitrogens with zero attached hydrogens (tertiary/aromatic N) is 4. The molecule has 0 atom stereocenters. The van der Waals surface area contributed by atoms with E-state index in [9.17, 15) is 9.18 Å². The number of ether oxygens (including phenoxy) is 2. The standard InChI is InChI=1S/C16H21FN6O3/c1-5-25-14-18-8-10(17)13(21-14)20-12-9-7-19-16(3,4)11(9)23(22-12)15(24)26-6-2/h8,19H,5-7H2,1-4H3,(H,18,20,21,22). The van der Waals surface area contributed by atoms with Crippen molar-refractivity contribution in [1.29, 1.82) is 0 Å². The Hall–Kier alpha value is -2.75. The number of nitrogens with one attached hydrogen (secondary N) is 2. The van der Waals surface area contributed by atoms with Crippen LogP contribution in [0.25, 0.3) is 0 Å². The van der Waals surface area contributed by atoms with Gasteiger partial charge >= 0.3 is 12.1 Å². The van der Waals surface area contributed by atoms with Gasteiger partial charge in [-0.05, 0) is 27.7 Å². The number of aromatic nitrogens is 4. The highest BCUT2D eigenvalue weighted by molar-refractivity contribution is 5.74. The minimum Gasteiger partial charge on any atom is -0.464 e. The summed E-state index contributed by atoms with van der Waals surface area (Å²) in [5.74, 6) is -0.409. The Morgan fingerprint density at radius 3 is 2.85 bits per heavy atom. The number of hydrogen-bond donors (Lipinski definition) is 2. The summed E-state index contributed by atoms with van der Waals surface area (Å²) in [6.07, 6.45) is 0.428. The van der Waals surface area contributed by atoms with Crippen molar-refractivity contribution in [3.05, 3.63) is 23.3 Å². The van der Waals surface area contributed by atoms with E-state index in [1.165, 1.54) is 4.68 Å². The summed E-state index contributed by atoms with van der Waals surface area (Å²) in [4.78, 5) is 20.0. The molecule has 2 aromatic rings. The molecule has 10 heteroatoms. The van der Waals surface area contributed by atoms with Crippen molar-refractivity contribution >= 4 is 17.7 Å². The van der Waals surface area contributed by atoms with Crippen molar-refractivity contribution in [2.45, 2.75) is 39.8 Å². The van der Waals surface area contributed by atoms with Crippen molar-refractivity contribution in [2.24, 2.45) is 0 Å². The first-order chi connectivity index (χ1) is 12.4. The van der Waals surface area contributed by atoms with Gasteiger partial charge in [0.25, 0.3) is 0 Å². The SMILES string of the molecule is CCOC(=O)n1nc(Nc2nc(OCC)ncc2F)c2c1C(C)(C)NC2. The van der Waals surface area contributed by atoms with Gasteiger partial charge in [-0.25, -0.2) is 14.2 Å². The fourth-order valence-corrected chi connectivity index (χ4v) is 2.82. The lowest BCUT2D eigenvalue weighted by atomic mass is 10.0. The molecule has 0 aliphatic carbocycles. The second-order valence-corrected chi connectivity index (χ2v) is 6.17. The van der Waals surface area contributed by atoms with Crippen molar-refractivity contribution in [2.75, 3.05) is 18.5 Å². The van der Waals surface area contributed by atoms with Gasteiger partial charge in [0.2, 0.25) is 0 Å². The van der Waals surface area contributed by atoms with Gasteiger partial charge in [-0.2, -0.15) is 9.67 Å². The maximum atomic E-state index is 14.1. The van der Waals surface area contributed by atoms with E-state index in [2.05, 4.69) is 25.7 Å². The van der Waals surface area contributed by atoms with Crippen molar-refractivity contribution in [3.8, 4) is 6.01 Å². The summed E-state index contributed by atoms with van der Waals surface area (Å²) in [6, 6.07) is 0.0522. The minimum absolute atomic E-state index is 0.0522. The maximum absolute atomic E-state index is 14.1. The van der Waals surface area contributed by atoms with E-state index in [0.717, 1.165) is 11.8 Å². The lowest BCUT2D eigenvalue weighted by Gasteiger charge is -2.20.